The lowest BCUT2D eigenvalue weighted by molar-refractivity contribution is 0.115. The fourth-order valence-electron chi connectivity index (χ4n) is 4.95. The number of hydrogen-bond donors (Lipinski definition) is 0. The van der Waals surface area contributed by atoms with E-state index in [1.54, 1.807) is 0 Å². The van der Waals surface area contributed by atoms with Crippen LogP contribution in [0, 0.1) is 12.8 Å². The van der Waals surface area contributed by atoms with Gasteiger partial charge in [-0.15, -0.1) is 0 Å². The van der Waals surface area contributed by atoms with Gasteiger partial charge in [0.25, 0.3) is 0 Å². The maximum absolute atomic E-state index is 5.59. The summed E-state index contributed by atoms with van der Waals surface area (Å²) in [5, 5.41) is 4.23. The number of nitrogens with zero attached hydrogens (tertiary/aromatic N) is 6. The zero-order valence-corrected chi connectivity index (χ0v) is 18.9. The van der Waals surface area contributed by atoms with E-state index in [1.807, 2.05) is 24.4 Å². The predicted octanol–water partition coefficient (Wildman–Crippen LogP) is 3.47. The molecule has 2 fully saturated rings. The molecule has 7 nitrogen and oxygen atoms in total. The van der Waals surface area contributed by atoms with E-state index in [-0.39, 0.29) is 0 Å². The molecular formula is C25H32N6O. The third-order valence-electron chi connectivity index (χ3n) is 6.68. The highest BCUT2D eigenvalue weighted by Gasteiger charge is 2.26. The molecule has 2 aliphatic rings. The monoisotopic (exact) mass is 432 g/mol. The summed E-state index contributed by atoms with van der Waals surface area (Å²) in [4.78, 5) is 16.7. The van der Waals surface area contributed by atoms with Gasteiger partial charge >= 0.3 is 0 Å². The van der Waals surface area contributed by atoms with Crippen molar-refractivity contribution >= 4 is 5.82 Å². The van der Waals surface area contributed by atoms with E-state index in [4.69, 9.17) is 4.52 Å². The van der Waals surface area contributed by atoms with Gasteiger partial charge in [0.2, 0.25) is 11.7 Å². The van der Waals surface area contributed by atoms with Crippen molar-refractivity contribution in [1.82, 2.24) is 24.9 Å². The first-order valence-electron chi connectivity index (χ1n) is 11.7. The van der Waals surface area contributed by atoms with Gasteiger partial charge in [0.15, 0.2) is 0 Å². The van der Waals surface area contributed by atoms with Gasteiger partial charge < -0.3 is 9.42 Å². The van der Waals surface area contributed by atoms with Crippen LogP contribution in [0.25, 0.3) is 11.4 Å². The third-order valence-corrected chi connectivity index (χ3v) is 6.68. The molecule has 0 spiro atoms. The van der Waals surface area contributed by atoms with Crippen LogP contribution in [0.1, 0.15) is 24.3 Å². The second-order valence-electron chi connectivity index (χ2n) is 9.05. The Morgan fingerprint density at radius 2 is 1.81 bits per heavy atom. The van der Waals surface area contributed by atoms with E-state index >= 15 is 0 Å². The van der Waals surface area contributed by atoms with Gasteiger partial charge in [-0.2, -0.15) is 4.98 Å². The molecule has 0 bridgehead atoms. The van der Waals surface area contributed by atoms with Crippen molar-refractivity contribution in [1.29, 1.82) is 0 Å². The Labute approximate surface area is 190 Å². The standard InChI is InChI=1S/C25H32N6O/c1-20-7-2-3-9-22(20)25-27-24(32-28-25)19-30-12-6-8-21(18-30)17-29-13-15-31(16-14-29)23-10-4-5-11-26-23/h2-5,7,9-11,21H,6,8,12-19H2,1H3. The Balaban J connectivity index is 1.12. The fourth-order valence-corrected chi connectivity index (χ4v) is 4.95. The van der Waals surface area contributed by atoms with Gasteiger partial charge in [0.1, 0.15) is 5.82 Å². The third kappa shape index (κ3) is 5.00. The van der Waals surface area contributed by atoms with E-state index in [0.717, 1.165) is 57.2 Å². The minimum atomic E-state index is 0.692. The second-order valence-corrected chi connectivity index (χ2v) is 9.05. The largest absolute Gasteiger partial charge is 0.354 e. The van der Waals surface area contributed by atoms with Gasteiger partial charge in [-0.25, -0.2) is 4.98 Å². The van der Waals surface area contributed by atoms with Gasteiger partial charge in [0, 0.05) is 51.0 Å². The molecule has 168 valence electrons. The number of hydrogen-bond acceptors (Lipinski definition) is 7. The van der Waals surface area contributed by atoms with Crippen molar-refractivity contribution in [3.8, 4) is 11.4 Å². The minimum absolute atomic E-state index is 0.692. The van der Waals surface area contributed by atoms with Crippen molar-refractivity contribution in [2.24, 2.45) is 5.92 Å². The Bertz CT molecular complexity index is 998. The summed E-state index contributed by atoms with van der Waals surface area (Å²) < 4.78 is 5.59. The number of pyridine rings is 1. The Hall–Kier alpha value is -2.77. The van der Waals surface area contributed by atoms with E-state index in [1.165, 1.54) is 24.9 Å². The van der Waals surface area contributed by atoms with E-state index in [9.17, 15) is 0 Å². The fraction of sp³-hybridized carbons (Fsp3) is 0.480. The van der Waals surface area contributed by atoms with Crippen molar-refractivity contribution < 1.29 is 4.52 Å². The van der Waals surface area contributed by atoms with E-state index < -0.39 is 0 Å². The molecule has 0 aliphatic carbocycles. The van der Waals surface area contributed by atoms with Crippen molar-refractivity contribution in [3.63, 3.8) is 0 Å². The molecule has 0 radical (unpaired) electrons. The summed E-state index contributed by atoms with van der Waals surface area (Å²) in [5.41, 5.74) is 2.21. The molecule has 2 saturated heterocycles. The average Bonchev–Trinajstić information content (AvgIpc) is 3.29. The summed E-state index contributed by atoms with van der Waals surface area (Å²) in [6.45, 7) is 10.5. The highest BCUT2D eigenvalue weighted by Crippen LogP contribution is 2.23. The number of aromatic nitrogens is 3. The molecule has 3 aromatic rings. The Kier molecular flexibility index (Phi) is 6.46. The van der Waals surface area contributed by atoms with Crippen LogP contribution in [-0.2, 0) is 6.54 Å². The SMILES string of the molecule is Cc1ccccc1-c1noc(CN2CCCC(CN3CCN(c4ccccn4)CC3)C2)n1. The van der Waals surface area contributed by atoms with Gasteiger partial charge in [0.05, 0.1) is 6.54 Å². The topological polar surface area (TPSA) is 61.5 Å². The van der Waals surface area contributed by atoms with Crippen LogP contribution in [-0.4, -0.2) is 70.7 Å². The van der Waals surface area contributed by atoms with Crippen LogP contribution in [0.3, 0.4) is 0 Å². The summed E-state index contributed by atoms with van der Waals surface area (Å²) in [5.74, 6) is 3.20. The first-order valence-corrected chi connectivity index (χ1v) is 11.7. The molecular weight excluding hydrogens is 400 g/mol. The Morgan fingerprint density at radius 3 is 2.62 bits per heavy atom. The molecule has 1 aromatic carbocycles. The highest BCUT2D eigenvalue weighted by atomic mass is 16.5. The van der Waals surface area contributed by atoms with Crippen LogP contribution in [0.15, 0.2) is 53.2 Å². The lowest BCUT2D eigenvalue weighted by atomic mass is 9.97. The van der Waals surface area contributed by atoms with Gasteiger partial charge in [-0.1, -0.05) is 35.5 Å². The molecule has 4 heterocycles. The van der Waals surface area contributed by atoms with Crippen molar-refractivity contribution in [2.75, 3.05) is 50.7 Å². The van der Waals surface area contributed by atoms with E-state index in [2.05, 4.69) is 61.0 Å². The molecule has 32 heavy (non-hydrogen) atoms. The van der Waals surface area contributed by atoms with Gasteiger partial charge in [-0.3, -0.25) is 9.80 Å². The summed E-state index contributed by atoms with van der Waals surface area (Å²) in [7, 11) is 0. The number of piperidine rings is 1. The molecule has 5 rings (SSSR count). The van der Waals surface area contributed by atoms with Crippen LogP contribution in [0.4, 0.5) is 5.82 Å². The summed E-state index contributed by atoms with van der Waals surface area (Å²) in [6.07, 6.45) is 4.41. The maximum atomic E-state index is 5.59. The molecule has 2 aliphatic heterocycles. The predicted molar refractivity (Wildman–Crippen MR) is 125 cm³/mol. The number of likely N-dealkylation sites (tertiary alicyclic amines) is 1. The highest BCUT2D eigenvalue weighted by molar-refractivity contribution is 5.58. The molecule has 0 saturated carbocycles. The molecule has 2 aromatic heterocycles. The quantitative estimate of drug-likeness (QED) is 0.591. The Morgan fingerprint density at radius 1 is 0.969 bits per heavy atom. The van der Waals surface area contributed by atoms with Crippen LogP contribution >= 0.6 is 0 Å². The molecule has 0 N–H and O–H groups in total. The molecule has 7 heteroatoms. The van der Waals surface area contributed by atoms with Gasteiger partial charge in [-0.05, 0) is 49.9 Å². The number of anilines is 1. The summed E-state index contributed by atoms with van der Waals surface area (Å²) >= 11 is 0. The zero-order valence-electron chi connectivity index (χ0n) is 18.9. The molecule has 0 amide bonds. The number of rotatable bonds is 6. The smallest absolute Gasteiger partial charge is 0.241 e. The van der Waals surface area contributed by atoms with Crippen LogP contribution < -0.4 is 4.90 Å². The normalized spacial score (nSPS) is 20.5. The van der Waals surface area contributed by atoms with E-state index in [0.29, 0.717) is 17.6 Å². The molecule has 1 unspecified atom stereocenters. The first-order chi connectivity index (χ1) is 15.7. The summed E-state index contributed by atoms with van der Waals surface area (Å²) in [6, 6.07) is 14.3. The van der Waals surface area contributed by atoms with Crippen LogP contribution in [0.2, 0.25) is 0 Å². The van der Waals surface area contributed by atoms with Crippen molar-refractivity contribution in [2.45, 2.75) is 26.3 Å². The maximum Gasteiger partial charge on any atom is 0.241 e. The second kappa shape index (κ2) is 9.79. The average molecular weight is 433 g/mol. The first kappa shape index (κ1) is 21.1. The number of piperazine rings is 1. The lowest BCUT2D eigenvalue weighted by Crippen LogP contribution is -2.49. The number of benzene rings is 1. The van der Waals surface area contributed by atoms with Crippen LogP contribution in [0.5, 0.6) is 0 Å². The number of aryl methyl sites for hydroxylation is 1. The lowest BCUT2D eigenvalue weighted by Gasteiger charge is -2.39. The van der Waals surface area contributed by atoms with Crippen molar-refractivity contribution in [3.05, 3.63) is 60.1 Å². The minimum Gasteiger partial charge on any atom is -0.354 e. The molecule has 1 atom stereocenters. The zero-order chi connectivity index (χ0) is 21.8.